The maximum Gasteiger partial charge on any atom is 0.267 e. The highest BCUT2D eigenvalue weighted by molar-refractivity contribution is 7.17. The molecule has 4 aromatic rings. The highest BCUT2D eigenvalue weighted by atomic mass is 32.1. The predicted molar refractivity (Wildman–Crippen MR) is 139 cm³/mol. The molecule has 0 radical (unpaired) electrons. The van der Waals surface area contributed by atoms with Crippen molar-refractivity contribution >= 4 is 33.9 Å². The molecular formula is C26H28N6O2S. The highest BCUT2D eigenvalue weighted by Gasteiger charge is 2.24. The third kappa shape index (κ3) is 5.21. The molecule has 1 saturated heterocycles. The minimum absolute atomic E-state index is 0.151. The van der Waals surface area contributed by atoms with E-state index in [1.165, 1.54) is 16.9 Å². The highest BCUT2D eigenvalue weighted by Crippen LogP contribution is 2.30. The van der Waals surface area contributed by atoms with Crippen LogP contribution in [0.25, 0.3) is 0 Å². The Labute approximate surface area is 208 Å². The number of phenolic OH excluding ortho intramolecular Hbond substituents is 1. The second-order valence-corrected chi connectivity index (χ2v) is 9.89. The van der Waals surface area contributed by atoms with Gasteiger partial charge in [0.25, 0.3) is 5.91 Å². The molecule has 35 heavy (non-hydrogen) atoms. The van der Waals surface area contributed by atoms with E-state index in [1.807, 2.05) is 29.9 Å². The Hall–Kier alpha value is -3.69. The van der Waals surface area contributed by atoms with Crippen LogP contribution in [0.15, 0.2) is 60.9 Å². The largest absolute Gasteiger partial charge is 0.508 e. The fraction of sp³-hybridized carbons (Fsp3) is 0.269. The summed E-state index contributed by atoms with van der Waals surface area (Å²) < 4.78 is 2.02. The number of aromatic nitrogens is 3. The van der Waals surface area contributed by atoms with E-state index in [4.69, 9.17) is 5.10 Å². The lowest BCUT2D eigenvalue weighted by molar-refractivity contribution is 0.103. The first-order valence-electron chi connectivity index (χ1n) is 11.6. The van der Waals surface area contributed by atoms with Crippen LogP contribution in [-0.4, -0.2) is 43.8 Å². The number of thiazole rings is 1. The van der Waals surface area contributed by atoms with Gasteiger partial charge in [0.1, 0.15) is 10.6 Å². The maximum atomic E-state index is 12.8. The van der Waals surface area contributed by atoms with Crippen molar-refractivity contribution in [2.75, 3.05) is 23.7 Å². The van der Waals surface area contributed by atoms with Gasteiger partial charge in [0.05, 0.1) is 17.9 Å². The number of hydrogen-bond acceptors (Lipinski definition) is 7. The average molecular weight is 489 g/mol. The lowest BCUT2D eigenvalue weighted by atomic mass is 10.1. The first-order chi connectivity index (χ1) is 17.0. The van der Waals surface area contributed by atoms with Crippen molar-refractivity contribution in [3.05, 3.63) is 82.5 Å². The Kier molecular flexibility index (Phi) is 6.52. The fourth-order valence-electron chi connectivity index (χ4n) is 4.37. The second kappa shape index (κ2) is 9.89. The van der Waals surface area contributed by atoms with E-state index in [2.05, 4.69) is 44.8 Å². The number of likely N-dealkylation sites (tertiary alicyclic amines) is 1. The lowest BCUT2D eigenvalue weighted by Gasteiger charge is -2.16. The number of nitrogens with zero attached hydrogens (tertiary/aromatic N) is 4. The molecule has 3 N–H and O–H groups in total. The summed E-state index contributed by atoms with van der Waals surface area (Å²) in [6.07, 6.45) is 4.60. The Morgan fingerprint density at radius 3 is 2.83 bits per heavy atom. The maximum absolute atomic E-state index is 12.8. The number of anilines is 3. The third-order valence-corrected chi connectivity index (χ3v) is 7.24. The van der Waals surface area contributed by atoms with Crippen LogP contribution in [0.5, 0.6) is 5.75 Å². The summed E-state index contributed by atoms with van der Waals surface area (Å²) in [5, 5.41) is 21.4. The molecule has 0 unspecified atom stereocenters. The summed E-state index contributed by atoms with van der Waals surface area (Å²) in [6.45, 7) is 6.63. The van der Waals surface area contributed by atoms with Crippen LogP contribution in [0, 0.1) is 13.8 Å². The van der Waals surface area contributed by atoms with Gasteiger partial charge in [-0.2, -0.15) is 5.10 Å². The molecule has 0 aliphatic carbocycles. The van der Waals surface area contributed by atoms with Crippen molar-refractivity contribution in [2.24, 2.45) is 0 Å². The quantitative estimate of drug-likeness (QED) is 0.335. The smallest absolute Gasteiger partial charge is 0.267 e. The van der Waals surface area contributed by atoms with E-state index in [-0.39, 0.29) is 11.7 Å². The van der Waals surface area contributed by atoms with E-state index in [9.17, 15) is 9.90 Å². The molecule has 3 heterocycles. The van der Waals surface area contributed by atoms with Gasteiger partial charge < -0.3 is 15.7 Å². The number of aryl methyl sites for hydroxylation is 1. The molecule has 1 amide bonds. The molecule has 1 fully saturated rings. The summed E-state index contributed by atoms with van der Waals surface area (Å²) in [4.78, 5) is 20.0. The zero-order valence-corrected chi connectivity index (χ0v) is 20.5. The van der Waals surface area contributed by atoms with Crippen LogP contribution < -0.4 is 10.6 Å². The fourth-order valence-corrected chi connectivity index (χ4v) is 5.09. The van der Waals surface area contributed by atoms with Crippen LogP contribution in [0.4, 0.5) is 16.6 Å². The second-order valence-electron chi connectivity index (χ2n) is 8.85. The number of nitrogens with one attached hydrogen (secondary N) is 2. The van der Waals surface area contributed by atoms with Gasteiger partial charge in [-0.25, -0.2) is 4.98 Å². The number of carbonyl (C=O) groups is 1. The van der Waals surface area contributed by atoms with Gasteiger partial charge in [0, 0.05) is 37.5 Å². The van der Waals surface area contributed by atoms with Crippen molar-refractivity contribution in [3.63, 3.8) is 0 Å². The molecule has 0 bridgehead atoms. The Balaban J connectivity index is 1.19. The molecule has 1 aliphatic heterocycles. The molecule has 0 saturated carbocycles. The minimum atomic E-state index is -0.262. The van der Waals surface area contributed by atoms with Gasteiger partial charge in [-0.1, -0.05) is 47.7 Å². The Bertz CT molecular complexity index is 1330. The molecular weight excluding hydrogens is 460 g/mol. The molecule has 2 aromatic carbocycles. The van der Waals surface area contributed by atoms with Gasteiger partial charge in [0.15, 0.2) is 10.9 Å². The monoisotopic (exact) mass is 488 g/mol. The van der Waals surface area contributed by atoms with Gasteiger partial charge in [-0.15, -0.1) is 0 Å². The molecule has 0 spiro atoms. The SMILES string of the molecule is Cc1ccc(O)c(C)c1NC(=O)c1cnc(Nc2ccn([C@@H]3CCN(Cc4ccccc4)C3)n2)s1. The van der Waals surface area contributed by atoms with Crippen LogP contribution in [-0.2, 0) is 6.54 Å². The Morgan fingerprint density at radius 2 is 2.00 bits per heavy atom. The van der Waals surface area contributed by atoms with Crippen LogP contribution >= 0.6 is 11.3 Å². The number of rotatable bonds is 7. The Morgan fingerprint density at radius 1 is 1.17 bits per heavy atom. The van der Waals surface area contributed by atoms with E-state index >= 15 is 0 Å². The van der Waals surface area contributed by atoms with Crippen LogP contribution in [0.1, 0.15) is 38.8 Å². The zero-order valence-electron chi connectivity index (χ0n) is 19.7. The lowest BCUT2D eigenvalue weighted by Crippen LogP contribution is -2.21. The molecule has 1 aliphatic rings. The standard InChI is InChI=1S/C26H28N6O2S/c1-17-8-9-21(33)18(2)24(17)29-25(34)22-14-27-26(35-22)28-23-11-13-32(30-23)20-10-12-31(16-20)15-19-6-4-3-5-7-19/h3-9,11,13-14,20,33H,10,12,15-16H2,1-2H3,(H,29,34)(H,27,28,30)/t20-/m1/s1. The number of phenols is 1. The number of hydrogen-bond donors (Lipinski definition) is 3. The summed E-state index contributed by atoms with van der Waals surface area (Å²) in [5.41, 5.74) is 3.47. The van der Waals surface area contributed by atoms with Crippen molar-refractivity contribution in [1.82, 2.24) is 19.7 Å². The number of benzene rings is 2. The van der Waals surface area contributed by atoms with Gasteiger partial charge in [-0.3, -0.25) is 14.4 Å². The summed E-state index contributed by atoms with van der Waals surface area (Å²) >= 11 is 1.26. The average Bonchev–Trinajstić information content (AvgIpc) is 3.62. The molecule has 180 valence electrons. The van der Waals surface area contributed by atoms with Gasteiger partial charge in [0.2, 0.25) is 0 Å². The minimum Gasteiger partial charge on any atom is -0.508 e. The molecule has 1 atom stereocenters. The first-order valence-corrected chi connectivity index (χ1v) is 12.4. The van der Waals surface area contributed by atoms with Crippen LogP contribution in [0.3, 0.4) is 0 Å². The zero-order chi connectivity index (χ0) is 24.4. The predicted octanol–water partition coefficient (Wildman–Crippen LogP) is 5.10. The van der Waals surface area contributed by atoms with E-state index in [0.29, 0.717) is 33.1 Å². The first kappa shape index (κ1) is 23.1. The van der Waals surface area contributed by atoms with Crippen molar-refractivity contribution in [1.29, 1.82) is 0 Å². The van der Waals surface area contributed by atoms with Crippen molar-refractivity contribution in [3.8, 4) is 5.75 Å². The topological polar surface area (TPSA) is 95.3 Å². The number of aromatic hydroxyl groups is 1. The molecule has 5 rings (SSSR count). The van der Waals surface area contributed by atoms with E-state index in [1.54, 1.807) is 25.3 Å². The molecule has 8 nitrogen and oxygen atoms in total. The van der Waals surface area contributed by atoms with Gasteiger partial charge >= 0.3 is 0 Å². The molecule has 9 heteroatoms. The number of carbonyl (C=O) groups excluding carboxylic acids is 1. The summed E-state index contributed by atoms with van der Waals surface area (Å²) in [7, 11) is 0. The summed E-state index contributed by atoms with van der Waals surface area (Å²) in [5.74, 6) is 0.591. The van der Waals surface area contributed by atoms with E-state index in [0.717, 1.165) is 31.6 Å². The van der Waals surface area contributed by atoms with Gasteiger partial charge in [-0.05, 0) is 37.5 Å². The van der Waals surface area contributed by atoms with Crippen molar-refractivity contribution in [2.45, 2.75) is 32.9 Å². The normalized spacial score (nSPS) is 15.9. The number of amides is 1. The van der Waals surface area contributed by atoms with Crippen LogP contribution in [0.2, 0.25) is 0 Å². The summed E-state index contributed by atoms with van der Waals surface area (Å²) in [6, 6.07) is 16.2. The van der Waals surface area contributed by atoms with Crippen molar-refractivity contribution < 1.29 is 9.90 Å². The van der Waals surface area contributed by atoms with E-state index < -0.39 is 0 Å². The molecule has 2 aromatic heterocycles. The third-order valence-electron chi connectivity index (χ3n) is 6.33.